The van der Waals surface area contributed by atoms with Crippen molar-refractivity contribution in [3.63, 3.8) is 0 Å². The van der Waals surface area contributed by atoms with Crippen LogP contribution in [-0.4, -0.2) is 31.0 Å². The quantitative estimate of drug-likeness (QED) is 0.431. The lowest BCUT2D eigenvalue weighted by Crippen LogP contribution is -2.36. The van der Waals surface area contributed by atoms with Crippen molar-refractivity contribution in [2.45, 2.75) is 18.9 Å². The van der Waals surface area contributed by atoms with Crippen molar-refractivity contribution in [1.29, 1.82) is 0 Å². The zero-order chi connectivity index (χ0) is 9.68. The molecule has 0 heterocycles. The van der Waals surface area contributed by atoms with Crippen molar-refractivity contribution in [2.75, 3.05) is 13.2 Å². The molecule has 1 fully saturated rings. The molecule has 1 saturated carbocycles. The number of amides is 2. The summed E-state index contributed by atoms with van der Waals surface area (Å²) < 4.78 is 0. The van der Waals surface area contributed by atoms with Gasteiger partial charge in [0.1, 0.15) is 0 Å². The van der Waals surface area contributed by atoms with E-state index in [1.807, 2.05) is 0 Å². The topological polar surface area (TPSA) is 93.5 Å². The summed E-state index contributed by atoms with van der Waals surface area (Å²) in [5, 5.41) is 2.99. The molecule has 1 rings (SSSR count). The van der Waals surface area contributed by atoms with Crippen LogP contribution in [0.5, 0.6) is 0 Å². The number of hydroxylamine groups is 1. The third-order valence-electron chi connectivity index (χ3n) is 1.53. The van der Waals surface area contributed by atoms with Gasteiger partial charge < -0.3 is 11.1 Å². The van der Waals surface area contributed by atoms with E-state index in [-0.39, 0.29) is 19.1 Å². The van der Waals surface area contributed by atoms with E-state index < -0.39 is 5.91 Å². The number of nitrogens with one attached hydrogen (secondary N) is 2. The first-order valence-corrected chi connectivity index (χ1v) is 4.11. The van der Waals surface area contributed by atoms with E-state index in [0.29, 0.717) is 6.04 Å². The Morgan fingerprint density at radius 2 is 2.15 bits per heavy atom. The summed E-state index contributed by atoms with van der Waals surface area (Å²) in [7, 11) is 0. The second-order valence-electron chi connectivity index (χ2n) is 2.94. The number of primary amides is 1. The lowest BCUT2D eigenvalue weighted by Gasteiger charge is -2.04. The number of hydrogen-bond donors (Lipinski definition) is 3. The molecule has 6 heteroatoms. The maximum atomic E-state index is 10.9. The van der Waals surface area contributed by atoms with Gasteiger partial charge in [0.2, 0.25) is 5.91 Å². The zero-order valence-electron chi connectivity index (χ0n) is 7.21. The molecule has 0 bridgehead atoms. The van der Waals surface area contributed by atoms with E-state index in [0.717, 1.165) is 12.8 Å². The van der Waals surface area contributed by atoms with E-state index in [1.54, 1.807) is 0 Å². The van der Waals surface area contributed by atoms with Crippen LogP contribution in [0.25, 0.3) is 0 Å². The van der Waals surface area contributed by atoms with E-state index >= 15 is 0 Å². The SMILES string of the molecule is NC(=O)CONC(=O)CNC1CC1. The Bertz CT molecular complexity index is 203. The van der Waals surface area contributed by atoms with E-state index in [1.165, 1.54) is 0 Å². The third kappa shape index (κ3) is 5.15. The molecular weight excluding hydrogens is 174 g/mol. The monoisotopic (exact) mass is 187 g/mol. The molecule has 0 atom stereocenters. The molecule has 1 aliphatic carbocycles. The van der Waals surface area contributed by atoms with Gasteiger partial charge in [0, 0.05) is 6.04 Å². The summed E-state index contributed by atoms with van der Waals surface area (Å²) in [4.78, 5) is 25.6. The highest BCUT2D eigenvalue weighted by atomic mass is 16.7. The van der Waals surface area contributed by atoms with Crippen molar-refractivity contribution in [1.82, 2.24) is 10.8 Å². The molecule has 0 saturated heterocycles. The van der Waals surface area contributed by atoms with Gasteiger partial charge in [-0.15, -0.1) is 0 Å². The molecule has 74 valence electrons. The predicted octanol–water partition coefficient (Wildman–Crippen LogP) is -1.73. The Hall–Kier alpha value is -1.14. The molecule has 0 aromatic carbocycles. The Morgan fingerprint density at radius 1 is 1.46 bits per heavy atom. The molecule has 0 aromatic heterocycles. The Morgan fingerprint density at radius 3 is 2.69 bits per heavy atom. The lowest BCUT2D eigenvalue weighted by atomic mass is 10.5. The van der Waals surface area contributed by atoms with Crippen LogP contribution in [0.3, 0.4) is 0 Å². The average Bonchev–Trinajstić information content (AvgIpc) is 2.83. The van der Waals surface area contributed by atoms with Gasteiger partial charge in [-0.2, -0.15) is 0 Å². The van der Waals surface area contributed by atoms with Gasteiger partial charge in [0.25, 0.3) is 5.91 Å². The predicted molar refractivity (Wildman–Crippen MR) is 44.3 cm³/mol. The smallest absolute Gasteiger partial charge is 0.257 e. The van der Waals surface area contributed by atoms with E-state index in [2.05, 4.69) is 15.6 Å². The maximum absolute atomic E-state index is 10.9. The first-order chi connectivity index (χ1) is 6.18. The van der Waals surface area contributed by atoms with Crippen LogP contribution in [0.2, 0.25) is 0 Å². The van der Waals surface area contributed by atoms with Crippen molar-refractivity contribution >= 4 is 11.8 Å². The van der Waals surface area contributed by atoms with E-state index in [4.69, 9.17) is 5.73 Å². The van der Waals surface area contributed by atoms with E-state index in [9.17, 15) is 9.59 Å². The summed E-state index contributed by atoms with van der Waals surface area (Å²) in [6.45, 7) is -0.0847. The first-order valence-electron chi connectivity index (χ1n) is 4.11. The lowest BCUT2D eigenvalue weighted by molar-refractivity contribution is -0.137. The van der Waals surface area contributed by atoms with Crippen molar-refractivity contribution in [3.8, 4) is 0 Å². The number of carbonyl (C=O) groups is 2. The van der Waals surface area contributed by atoms with Gasteiger partial charge in [0.15, 0.2) is 6.61 Å². The molecule has 2 amide bonds. The molecule has 0 aliphatic heterocycles. The van der Waals surface area contributed by atoms with Gasteiger partial charge in [-0.25, -0.2) is 5.48 Å². The minimum Gasteiger partial charge on any atom is -0.368 e. The van der Waals surface area contributed by atoms with Crippen LogP contribution in [0.1, 0.15) is 12.8 Å². The summed E-state index contributed by atoms with van der Waals surface area (Å²) in [5.74, 6) is -0.913. The van der Waals surface area contributed by atoms with Crippen LogP contribution in [0, 0.1) is 0 Å². The fraction of sp³-hybridized carbons (Fsp3) is 0.714. The van der Waals surface area contributed by atoms with Crippen LogP contribution in [-0.2, 0) is 14.4 Å². The highest BCUT2D eigenvalue weighted by Gasteiger charge is 2.21. The summed E-state index contributed by atoms with van der Waals surface area (Å²) in [6, 6.07) is 0.474. The molecule has 4 N–H and O–H groups in total. The van der Waals surface area contributed by atoms with Crippen LogP contribution >= 0.6 is 0 Å². The fourth-order valence-corrected chi connectivity index (χ4v) is 0.748. The molecule has 0 radical (unpaired) electrons. The zero-order valence-corrected chi connectivity index (χ0v) is 7.21. The second-order valence-corrected chi connectivity index (χ2v) is 2.94. The maximum Gasteiger partial charge on any atom is 0.257 e. The summed E-state index contributed by atoms with van der Waals surface area (Å²) >= 11 is 0. The number of nitrogens with two attached hydrogens (primary N) is 1. The highest BCUT2D eigenvalue weighted by Crippen LogP contribution is 2.17. The molecule has 0 spiro atoms. The molecular formula is C7H13N3O3. The van der Waals surface area contributed by atoms with Gasteiger partial charge in [-0.05, 0) is 12.8 Å². The normalized spacial score (nSPS) is 15.4. The standard InChI is InChI=1S/C7H13N3O3/c8-6(11)4-13-10-7(12)3-9-5-1-2-5/h5,9H,1-4H2,(H2,8,11)(H,10,12). The minimum absolute atomic E-state index is 0.212. The first kappa shape index (κ1) is 9.94. The van der Waals surface area contributed by atoms with Crippen molar-refractivity contribution in [3.05, 3.63) is 0 Å². The number of rotatable bonds is 6. The molecule has 0 unspecified atom stereocenters. The van der Waals surface area contributed by atoms with Crippen molar-refractivity contribution < 1.29 is 14.4 Å². The van der Waals surface area contributed by atoms with Gasteiger partial charge in [-0.1, -0.05) is 0 Å². The Balaban J connectivity index is 1.93. The van der Waals surface area contributed by atoms with Crippen LogP contribution in [0.4, 0.5) is 0 Å². The molecule has 6 nitrogen and oxygen atoms in total. The fourth-order valence-electron chi connectivity index (χ4n) is 0.748. The summed E-state index contributed by atoms with van der Waals surface area (Å²) in [6.07, 6.45) is 2.24. The molecule has 0 aromatic rings. The van der Waals surface area contributed by atoms with Crippen LogP contribution in [0.15, 0.2) is 0 Å². The molecule has 13 heavy (non-hydrogen) atoms. The largest absolute Gasteiger partial charge is 0.368 e. The second kappa shape index (κ2) is 4.78. The van der Waals surface area contributed by atoms with Gasteiger partial charge >= 0.3 is 0 Å². The average molecular weight is 187 g/mol. The summed E-state index contributed by atoms with van der Waals surface area (Å²) in [5.41, 5.74) is 6.87. The van der Waals surface area contributed by atoms with Gasteiger partial charge in [-0.3, -0.25) is 14.4 Å². The third-order valence-corrected chi connectivity index (χ3v) is 1.53. The van der Waals surface area contributed by atoms with Crippen LogP contribution < -0.4 is 16.5 Å². The van der Waals surface area contributed by atoms with Crippen molar-refractivity contribution in [2.24, 2.45) is 5.73 Å². The minimum atomic E-state index is -0.615. The number of carbonyl (C=O) groups excluding carboxylic acids is 2. The highest BCUT2D eigenvalue weighted by molar-refractivity contribution is 5.78. The molecule has 1 aliphatic rings. The Labute approximate surface area is 75.8 Å². The Kier molecular flexibility index (Phi) is 3.66. The number of hydrogen-bond acceptors (Lipinski definition) is 4. The van der Waals surface area contributed by atoms with Gasteiger partial charge in [0.05, 0.1) is 6.54 Å².